The largest absolute Gasteiger partial charge is 0.379 e. The Kier molecular flexibility index (Phi) is 5.28. The van der Waals surface area contributed by atoms with Gasteiger partial charge in [-0.15, -0.1) is 0 Å². The van der Waals surface area contributed by atoms with Gasteiger partial charge in [-0.1, -0.05) is 19.3 Å². The number of halogens is 2. The summed E-state index contributed by atoms with van der Waals surface area (Å²) in [6.45, 7) is 0.904. The van der Waals surface area contributed by atoms with Crippen LogP contribution < -0.4 is 5.73 Å². The van der Waals surface area contributed by atoms with Crippen molar-refractivity contribution in [3.63, 3.8) is 0 Å². The molecule has 0 heterocycles. The third-order valence-electron chi connectivity index (χ3n) is 3.73. The lowest BCUT2D eigenvalue weighted by molar-refractivity contribution is 0.0753. The molecule has 1 unspecified atom stereocenters. The van der Waals surface area contributed by atoms with Gasteiger partial charge in [-0.3, -0.25) is 0 Å². The molecule has 0 radical (unpaired) electrons. The highest BCUT2D eigenvalue weighted by molar-refractivity contribution is 5.22. The molecular formula is C15H21F2NO. The molecule has 0 amide bonds. The standard InChI is InChI=1S/C15H21F2NO/c16-12-6-7-14(17)13(8-12)15(18)10-19-9-11-4-2-1-3-5-11/h6-8,11,15H,1-5,9-10,18H2. The van der Waals surface area contributed by atoms with Crippen molar-refractivity contribution >= 4 is 0 Å². The molecular weight excluding hydrogens is 248 g/mol. The maximum Gasteiger partial charge on any atom is 0.128 e. The van der Waals surface area contributed by atoms with Crippen molar-refractivity contribution in [1.82, 2.24) is 0 Å². The summed E-state index contributed by atoms with van der Waals surface area (Å²) >= 11 is 0. The smallest absolute Gasteiger partial charge is 0.128 e. The van der Waals surface area contributed by atoms with E-state index in [0.29, 0.717) is 12.5 Å². The lowest BCUT2D eigenvalue weighted by Gasteiger charge is -2.22. The van der Waals surface area contributed by atoms with Crippen molar-refractivity contribution < 1.29 is 13.5 Å². The van der Waals surface area contributed by atoms with Crippen LogP contribution in [0.1, 0.15) is 43.7 Å². The Balaban J connectivity index is 1.80. The average Bonchev–Trinajstić information content (AvgIpc) is 2.42. The van der Waals surface area contributed by atoms with Gasteiger partial charge >= 0.3 is 0 Å². The normalized spacial score (nSPS) is 18.5. The quantitative estimate of drug-likeness (QED) is 0.887. The first-order valence-electron chi connectivity index (χ1n) is 6.95. The minimum Gasteiger partial charge on any atom is -0.379 e. The summed E-state index contributed by atoms with van der Waals surface area (Å²) in [6.07, 6.45) is 6.23. The first-order chi connectivity index (χ1) is 9.16. The Morgan fingerprint density at radius 3 is 2.68 bits per heavy atom. The van der Waals surface area contributed by atoms with Crippen molar-refractivity contribution in [2.75, 3.05) is 13.2 Å². The molecule has 0 spiro atoms. The molecule has 0 saturated heterocycles. The monoisotopic (exact) mass is 269 g/mol. The fourth-order valence-electron chi connectivity index (χ4n) is 2.60. The molecule has 1 saturated carbocycles. The fraction of sp³-hybridized carbons (Fsp3) is 0.600. The van der Waals surface area contributed by atoms with E-state index in [-0.39, 0.29) is 12.2 Å². The molecule has 1 aliphatic rings. The fourth-order valence-corrected chi connectivity index (χ4v) is 2.60. The molecule has 2 rings (SSSR count). The molecule has 4 heteroatoms. The van der Waals surface area contributed by atoms with E-state index in [1.165, 1.54) is 32.1 Å². The van der Waals surface area contributed by atoms with E-state index in [1.54, 1.807) is 0 Å². The molecule has 2 nitrogen and oxygen atoms in total. The van der Waals surface area contributed by atoms with Gasteiger partial charge in [-0.25, -0.2) is 8.78 Å². The zero-order valence-corrected chi connectivity index (χ0v) is 11.1. The van der Waals surface area contributed by atoms with Crippen molar-refractivity contribution in [2.24, 2.45) is 11.7 Å². The SMILES string of the molecule is NC(COCC1CCCCC1)c1cc(F)ccc1F. The molecule has 0 aromatic heterocycles. The van der Waals surface area contributed by atoms with Gasteiger partial charge < -0.3 is 10.5 Å². The van der Waals surface area contributed by atoms with Gasteiger partial charge in [-0.2, -0.15) is 0 Å². The Labute approximate surface area is 112 Å². The Morgan fingerprint density at radius 1 is 1.21 bits per heavy atom. The van der Waals surface area contributed by atoms with E-state index in [9.17, 15) is 8.78 Å². The summed E-state index contributed by atoms with van der Waals surface area (Å²) in [4.78, 5) is 0. The highest BCUT2D eigenvalue weighted by Gasteiger charge is 2.16. The van der Waals surface area contributed by atoms with Crippen LogP contribution in [0, 0.1) is 17.6 Å². The Hall–Kier alpha value is -1.00. The minimum absolute atomic E-state index is 0.184. The lowest BCUT2D eigenvalue weighted by Crippen LogP contribution is -2.21. The zero-order valence-electron chi connectivity index (χ0n) is 11.1. The first-order valence-corrected chi connectivity index (χ1v) is 6.95. The van der Waals surface area contributed by atoms with E-state index >= 15 is 0 Å². The van der Waals surface area contributed by atoms with Crippen LogP contribution in [-0.2, 0) is 4.74 Å². The third-order valence-corrected chi connectivity index (χ3v) is 3.73. The van der Waals surface area contributed by atoms with Crippen LogP contribution >= 0.6 is 0 Å². The van der Waals surface area contributed by atoms with E-state index in [2.05, 4.69) is 0 Å². The summed E-state index contributed by atoms with van der Waals surface area (Å²) in [6, 6.07) is 2.73. The van der Waals surface area contributed by atoms with Gasteiger partial charge in [0.2, 0.25) is 0 Å². The molecule has 0 bridgehead atoms. The summed E-state index contributed by atoms with van der Waals surface area (Å²) in [5, 5.41) is 0. The van der Waals surface area contributed by atoms with Crippen molar-refractivity contribution in [2.45, 2.75) is 38.1 Å². The van der Waals surface area contributed by atoms with Crippen molar-refractivity contribution in [3.8, 4) is 0 Å². The molecule has 106 valence electrons. The summed E-state index contributed by atoms with van der Waals surface area (Å²) < 4.78 is 32.1. The second kappa shape index (κ2) is 6.96. The van der Waals surface area contributed by atoms with Crippen LogP contribution in [0.25, 0.3) is 0 Å². The van der Waals surface area contributed by atoms with Crippen LogP contribution in [0.3, 0.4) is 0 Å². The van der Waals surface area contributed by atoms with E-state index in [0.717, 1.165) is 18.2 Å². The summed E-state index contributed by atoms with van der Waals surface area (Å²) in [7, 11) is 0. The van der Waals surface area contributed by atoms with E-state index < -0.39 is 17.7 Å². The molecule has 1 fully saturated rings. The number of hydrogen-bond acceptors (Lipinski definition) is 2. The topological polar surface area (TPSA) is 35.2 Å². The van der Waals surface area contributed by atoms with Crippen LogP contribution in [0.5, 0.6) is 0 Å². The highest BCUT2D eigenvalue weighted by Crippen LogP contribution is 2.24. The molecule has 1 aliphatic carbocycles. The maximum absolute atomic E-state index is 13.5. The number of ether oxygens (including phenoxy) is 1. The second-order valence-electron chi connectivity index (χ2n) is 5.31. The van der Waals surface area contributed by atoms with E-state index in [1.807, 2.05) is 0 Å². The second-order valence-corrected chi connectivity index (χ2v) is 5.31. The van der Waals surface area contributed by atoms with Crippen LogP contribution in [0.4, 0.5) is 8.78 Å². The van der Waals surface area contributed by atoms with E-state index in [4.69, 9.17) is 10.5 Å². The predicted molar refractivity (Wildman–Crippen MR) is 70.7 cm³/mol. The molecule has 19 heavy (non-hydrogen) atoms. The number of benzene rings is 1. The van der Waals surface area contributed by atoms with Gasteiger partial charge in [0, 0.05) is 12.2 Å². The minimum atomic E-state index is -0.612. The Morgan fingerprint density at radius 2 is 1.95 bits per heavy atom. The maximum atomic E-state index is 13.5. The number of hydrogen-bond donors (Lipinski definition) is 1. The number of rotatable bonds is 5. The third kappa shape index (κ3) is 4.25. The zero-order chi connectivity index (χ0) is 13.7. The van der Waals surface area contributed by atoms with Gasteiger partial charge in [0.15, 0.2) is 0 Å². The lowest BCUT2D eigenvalue weighted by atomic mass is 9.90. The van der Waals surface area contributed by atoms with Crippen LogP contribution in [-0.4, -0.2) is 13.2 Å². The predicted octanol–water partition coefficient (Wildman–Crippen LogP) is 3.56. The molecule has 1 aromatic rings. The van der Waals surface area contributed by atoms with Gasteiger partial charge in [0.1, 0.15) is 11.6 Å². The van der Waals surface area contributed by atoms with Gasteiger partial charge in [0.05, 0.1) is 12.6 Å². The van der Waals surface area contributed by atoms with Gasteiger partial charge in [0.25, 0.3) is 0 Å². The van der Waals surface area contributed by atoms with Crippen molar-refractivity contribution in [3.05, 3.63) is 35.4 Å². The van der Waals surface area contributed by atoms with Gasteiger partial charge in [-0.05, 0) is 37.0 Å². The number of nitrogens with two attached hydrogens (primary N) is 1. The summed E-state index contributed by atoms with van der Waals surface area (Å²) in [5.74, 6) is -0.354. The Bertz CT molecular complexity index is 405. The summed E-state index contributed by atoms with van der Waals surface area (Å²) in [5.41, 5.74) is 6.03. The van der Waals surface area contributed by atoms with Crippen LogP contribution in [0.2, 0.25) is 0 Å². The molecule has 2 N–H and O–H groups in total. The highest BCUT2D eigenvalue weighted by atomic mass is 19.1. The van der Waals surface area contributed by atoms with Crippen molar-refractivity contribution in [1.29, 1.82) is 0 Å². The molecule has 1 aromatic carbocycles. The average molecular weight is 269 g/mol. The van der Waals surface area contributed by atoms with Crippen LogP contribution in [0.15, 0.2) is 18.2 Å². The first kappa shape index (κ1) is 14.4. The molecule has 0 aliphatic heterocycles. The molecule has 1 atom stereocenters.